The summed E-state index contributed by atoms with van der Waals surface area (Å²) >= 11 is 0. The zero-order chi connectivity index (χ0) is 16.8. The number of nitrogens with zero attached hydrogens (tertiary/aromatic N) is 2. The Hall–Kier alpha value is -2.28. The molecule has 7 heteroatoms. The first-order valence-electron chi connectivity index (χ1n) is 7.69. The molecule has 0 saturated carbocycles. The number of methoxy groups -OCH3 is 2. The van der Waals surface area contributed by atoms with E-state index in [2.05, 4.69) is 22.2 Å². The van der Waals surface area contributed by atoms with E-state index >= 15 is 0 Å². The summed E-state index contributed by atoms with van der Waals surface area (Å²) in [5.74, 6) is 2.02. The van der Waals surface area contributed by atoms with Crippen molar-refractivity contribution in [2.24, 2.45) is 0 Å². The third-order valence-electron chi connectivity index (χ3n) is 3.67. The number of aromatic nitrogens is 2. The largest absolute Gasteiger partial charge is 0.493 e. The van der Waals surface area contributed by atoms with E-state index in [1.165, 1.54) is 0 Å². The van der Waals surface area contributed by atoms with Gasteiger partial charge in [0, 0.05) is 24.1 Å². The number of nitrogen functional groups attached to an aromatic ring is 1. The van der Waals surface area contributed by atoms with Crippen LogP contribution in [0.2, 0.25) is 0 Å². The third kappa shape index (κ3) is 3.92. The number of hydrogen-bond donors (Lipinski definition) is 3. The van der Waals surface area contributed by atoms with Gasteiger partial charge in [0.15, 0.2) is 11.5 Å². The number of hydrogen-bond acceptors (Lipinski definition) is 7. The van der Waals surface area contributed by atoms with Crippen molar-refractivity contribution < 1.29 is 14.6 Å². The van der Waals surface area contributed by atoms with Crippen LogP contribution in [0.15, 0.2) is 12.1 Å². The number of aliphatic hydroxyl groups is 1. The number of fused-ring (bicyclic) bond motifs is 1. The molecule has 1 aromatic carbocycles. The normalized spacial score (nSPS) is 12.2. The summed E-state index contributed by atoms with van der Waals surface area (Å²) in [7, 11) is 3.16. The molecule has 0 fully saturated rings. The Morgan fingerprint density at radius 1 is 1.17 bits per heavy atom. The third-order valence-corrected chi connectivity index (χ3v) is 3.67. The average molecular weight is 320 g/mol. The highest BCUT2D eigenvalue weighted by molar-refractivity contribution is 5.92. The molecule has 0 aliphatic carbocycles. The number of ether oxygens (including phenoxy) is 2. The number of benzene rings is 1. The molecular weight excluding hydrogens is 296 g/mol. The maximum atomic E-state index is 9.23. The van der Waals surface area contributed by atoms with Gasteiger partial charge in [0.1, 0.15) is 5.82 Å². The van der Waals surface area contributed by atoms with Crippen molar-refractivity contribution in [1.82, 2.24) is 9.97 Å². The Balaban J connectivity index is 2.49. The van der Waals surface area contributed by atoms with Gasteiger partial charge in [-0.25, -0.2) is 4.98 Å². The van der Waals surface area contributed by atoms with Crippen LogP contribution in [0.1, 0.15) is 26.2 Å². The van der Waals surface area contributed by atoms with Gasteiger partial charge in [-0.15, -0.1) is 0 Å². The van der Waals surface area contributed by atoms with Gasteiger partial charge in [0.2, 0.25) is 5.95 Å². The highest BCUT2D eigenvalue weighted by Crippen LogP contribution is 2.34. The number of nitrogens with two attached hydrogens (primary N) is 1. The highest BCUT2D eigenvalue weighted by atomic mass is 16.5. The standard InChI is InChI=1S/C16H24N4O3/c1-4-5-10(6-7-21)18-15-11-8-13(22-2)14(23-3)9-12(11)19-16(17)20-15/h8-10,21H,4-7H2,1-3H3,(H3,17,18,19,20). The first kappa shape index (κ1) is 17.1. The van der Waals surface area contributed by atoms with Gasteiger partial charge in [-0.1, -0.05) is 13.3 Å². The maximum absolute atomic E-state index is 9.23. The summed E-state index contributed by atoms with van der Waals surface area (Å²) in [5, 5.41) is 13.4. The van der Waals surface area contributed by atoms with Crippen LogP contribution in [0.25, 0.3) is 10.9 Å². The Morgan fingerprint density at radius 3 is 2.48 bits per heavy atom. The van der Waals surface area contributed by atoms with E-state index in [1.807, 2.05) is 6.07 Å². The summed E-state index contributed by atoms with van der Waals surface area (Å²) in [6.45, 7) is 2.22. The topological polar surface area (TPSA) is 103 Å². The summed E-state index contributed by atoms with van der Waals surface area (Å²) in [6, 6.07) is 3.73. The van der Waals surface area contributed by atoms with Crippen molar-refractivity contribution in [2.75, 3.05) is 31.9 Å². The van der Waals surface area contributed by atoms with Crippen molar-refractivity contribution >= 4 is 22.7 Å². The van der Waals surface area contributed by atoms with Gasteiger partial charge in [0.25, 0.3) is 0 Å². The van der Waals surface area contributed by atoms with Crippen LogP contribution in [0.4, 0.5) is 11.8 Å². The second-order valence-electron chi connectivity index (χ2n) is 5.30. The maximum Gasteiger partial charge on any atom is 0.222 e. The Morgan fingerprint density at radius 2 is 1.87 bits per heavy atom. The molecule has 0 amide bonds. The van der Waals surface area contributed by atoms with Crippen molar-refractivity contribution in [2.45, 2.75) is 32.2 Å². The van der Waals surface area contributed by atoms with E-state index in [4.69, 9.17) is 15.2 Å². The van der Waals surface area contributed by atoms with Crippen LogP contribution < -0.4 is 20.5 Å². The SMILES string of the molecule is CCCC(CCO)Nc1nc(N)nc2cc(OC)c(OC)cc12. The summed E-state index contributed by atoms with van der Waals surface area (Å²) in [4.78, 5) is 8.58. The number of nitrogens with one attached hydrogen (secondary N) is 1. The molecule has 0 aliphatic rings. The van der Waals surface area contributed by atoms with E-state index in [0.29, 0.717) is 29.3 Å². The molecule has 1 aromatic heterocycles. The number of rotatable bonds is 8. The average Bonchev–Trinajstić information content (AvgIpc) is 2.54. The molecule has 0 bridgehead atoms. The van der Waals surface area contributed by atoms with Crippen LogP contribution in [-0.2, 0) is 0 Å². The zero-order valence-corrected chi connectivity index (χ0v) is 13.8. The van der Waals surface area contributed by atoms with Crippen LogP contribution in [0.3, 0.4) is 0 Å². The van der Waals surface area contributed by atoms with E-state index < -0.39 is 0 Å². The van der Waals surface area contributed by atoms with E-state index in [1.54, 1.807) is 20.3 Å². The van der Waals surface area contributed by atoms with Crippen molar-refractivity contribution in [3.8, 4) is 11.5 Å². The first-order valence-corrected chi connectivity index (χ1v) is 7.69. The van der Waals surface area contributed by atoms with Gasteiger partial charge in [0.05, 0.1) is 19.7 Å². The fourth-order valence-electron chi connectivity index (χ4n) is 2.57. The summed E-state index contributed by atoms with van der Waals surface area (Å²) in [5.41, 5.74) is 6.50. The lowest BCUT2D eigenvalue weighted by Crippen LogP contribution is -2.22. The zero-order valence-electron chi connectivity index (χ0n) is 13.8. The fraction of sp³-hybridized carbons (Fsp3) is 0.500. The predicted molar refractivity (Wildman–Crippen MR) is 91.1 cm³/mol. The molecule has 0 spiro atoms. The van der Waals surface area contributed by atoms with Crippen LogP contribution in [0.5, 0.6) is 11.5 Å². The number of aliphatic hydroxyl groups excluding tert-OH is 1. The van der Waals surface area contributed by atoms with Crippen molar-refractivity contribution in [1.29, 1.82) is 0 Å². The molecular formula is C16H24N4O3. The molecule has 1 heterocycles. The molecule has 0 aliphatic heterocycles. The molecule has 1 unspecified atom stereocenters. The lowest BCUT2D eigenvalue weighted by molar-refractivity contribution is 0.276. The Bertz CT molecular complexity index is 657. The molecule has 23 heavy (non-hydrogen) atoms. The molecule has 7 nitrogen and oxygen atoms in total. The molecule has 126 valence electrons. The minimum atomic E-state index is 0.118. The van der Waals surface area contributed by atoms with Gasteiger partial charge < -0.3 is 25.6 Å². The highest BCUT2D eigenvalue weighted by Gasteiger charge is 2.15. The molecule has 4 N–H and O–H groups in total. The number of anilines is 2. The minimum Gasteiger partial charge on any atom is -0.493 e. The minimum absolute atomic E-state index is 0.118. The first-order chi connectivity index (χ1) is 11.1. The van der Waals surface area contributed by atoms with Gasteiger partial charge in [-0.2, -0.15) is 4.98 Å². The van der Waals surface area contributed by atoms with Crippen LogP contribution in [-0.4, -0.2) is 41.9 Å². The second kappa shape index (κ2) is 7.82. The van der Waals surface area contributed by atoms with Gasteiger partial charge in [-0.05, 0) is 18.9 Å². The molecule has 2 aromatic rings. The second-order valence-corrected chi connectivity index (χ2v) is 5.30. The molecule has 0 radical (unpaired) electrons. The van der Waals surface area contributed by atoms with Crippen molar-refractivity contribution in [3.63, 3.8) is 0 Å². The predicted octanol–water partition coefficient (Wildman–Crippen LogP) is 2.19. The molecule has 2 rings (SSSR count). The quantitative estimate of drug-likeness (QED) is 0.685. The molecule has 0 saturated heterocycles. The Kier molecular flexibility index (Phi) is 5.81. The van der Waals surface area contributed by atoms with E-state index in [0.717, 1.165) is 18.2 Å². The van der Waals surface area contributed by atoms with Crippen molar-refractivity contribution in [3.05, 3.63) is 12.1 Å². The lowest BCUT2D eigenvalue weighted by Gasteiger charge is -2.19. The summed E-state index contributed by atoms with van der Waals surface area (Å²) < 4.78 is 10.7. The van der Waals surface area contributed by atoms with Gasteiger partial charge >= 0.3 is 0 Å². The lowest BCUT2D eigenvalue weighted by atomic mass is 10.1. The van der Waals surface area contributed by atoms with Crippen LogP contribution >= 0.6 is 0 Å². The van der Waals surface area contributed by atoms with E-state index in [9.17, 15) is 5.11 Å². The Labute approximate surface area is 135 Å². The summed E-state index contributed by atoms with van der Waals surface area (Å²) in [6.07, 6.45) is 2.58. The van der Waals surface area contributed by atoms with Gasteiger partial charge in [-0.3, -0.25) is 0 Å². The molecule has 1 atom stereocenters. The van der Waals surface area contributed by atoms with E-state index in [-0.39, 0.29) is 18.6 Å². The monoisotopic (exact) mass is 320 g/mol. The van der Waals surface area contributed by atoms with Crippen LogP contribution in [0, 0.1) is 0 Å². The smallest absolute Gasteiger partial charge is 0.222 e. The fourth-order valence-corrected chi connectivity index (χ4v) is 2.57.